The Balaban J connectivity index is 2.35. The van der Waals surface area contributed by atoms with Gasteiger partial charge in [0.15, 0.2) is 0 Å². The van der Waals surface area contributed by atoms with E-state index in [0.29, 0.717) is 17.0 Å². The molecule has 2 rings (SSSR count). The van der Waals surface area contributed by atoms with Gasteiger partial charge in [0.25, 0.3) is 17.6 Å². The number of halogens is 1. The number of hydrogen-bond acceptors (Lipinski definition) is 4. The van der Waals surface area contributed by atoms with Gasteiger partial charge in [0, 0.05) is 30.4 Å². The quantitative estimate of drug-likeness (QED) is 0.584. The molecule has 0 aliphatic heterocycles. The Morgan fingerprint density at radius 2 is 1.87 bits per heavy atom. The highest BCUT2D eigenvalue weighted by Crippen LogP contribution is 2.31. The van der Waals surface area contributed by atoms with E-state index in [-0.39, 0.29) is 23.3 Å². The zero-order chi connectivity index (χ0) is 23.0. The number of allylic oxidation sites excluding steroid dienone is 3. The van der Waals surface area contributed by atoms with Crippen molar-refractivity contribution in [2.24, 2.45) is 7.05 Å². The van der Waals surface area contributed by atoms with E-state index in [4.69, 9.17) is 5.26 Å². The Hall–Kier alpha value is -3.21. The standard InChI is InChI=1S/C22H27FN4O3/c1-12-16(19(29)25-15-8-9-22(6,23)14(10-15)11-24)13(2)27(7)17(12)18(28)20(30)26-21(3,4)5/h8,10H,9H2,1-7H3,(H,25,29)(H,26,30). The molecule has 160 valence electrons. The summed E-state index contributed by atoms with van der Waals surface area (Å²) < 4.78 is 15.8. The first-order valence-corrected chi connectivity index (χ1v) is 9.55. The molecule has 0 saturated carbocycles. The third-order valence-electron chi connectivity index (χ3n) is 5.01. The van der Waals surface area contributed by atoms with Crippen LogP contribution in [0.2, 0.25) is 0 Å². The molecule has 1 unspecified atom stereocenters. The molecular weight excluding hydrogens is 387 g/mol. The molecule has 0 bridgehead atoms. The third kappa shape index (κ3) is 4.51. The minimum absolute atomic E-state index is 0.0362. The van der Waals surface area contributed by atoms with Crippen LogP contribution in [0.5, 0.6) is 0 Å². The molecule has 30 heavy (non-hydrogen) atoms. The van der Waals surface area contributed by atoms with E-state index >= 15 is 0 Å². The second kappa shape index (κ2) is 7.90. The van der Waals surface area contributed by atoms with Crippen molar-refractivity contribution in [1.82, 2.24) is 15.2 Å². The fourth-order valence-electron chi connectivity index (χ4n) is 3.34. The van der Waals surface area contributed by atoms with E-state index in [9.17, 15) is 18.8 Å². The van der Waals surface area contributed by atoms with Gasteiger partial charge in [-0.2, -0.15) is 5.26 Å². The Kier molecular flexibility index (Phi) is 6.08. The van der Waals surface area contributed by atoms with Crippen LogP contribution in [0.25, 0.3) is 0 Å². The summed E-state index contributed by atoms with van der Waals surface area (Å²) in [5.41, 5.74) is -0.853. The number of rotatable bonds is 4. The van der Waals surface area contributed by atoms with Crippen molar-refractivity contribution < 1.29 is 18.8 Å². The monoisotopic (exact) mass is 414 g/mol. The number of nitrogens with zero attached hydrogens (tertiary/aromatic N) is 2. The molecule has 0 radical (unpaired) electrons. The van der Waals surface area contributed by atoms with Crippen LogP contribution in [0.3, 0.4) is 0 Å². The highest BCUT2D eigenvalue weighted by Gasteiger charge is 2.33. The van der Waals surface area contributed by atoms with Gasteiger partial charge in [-0.05, 0) is 53.2 Å². The molecule has 0 aromatic carbocycles. The predicted molar refractivity (Wildman–Crippen MR) is 110 cm³/mol. The lowest BCUT2D eigenvalue weighted by atomic mass is 9.90. The normalized spacial score (nSPS) is 18.8. The van der Waals surface area contributed by atoms with Crippen molar-refractivity contribution in [3.63, 3.8) is 0 Å². The lowest BCUT2D eigenvalue weighted by Crippen LogP contribution is -2.44. The number of nitrogens with one attached hydrogen (secondary N) is 2. The van der Waals surface area contributed by atoms with Gasteiger partial charge in [-0.15, -0.1) is 0 Å². The Labute approximate surface area is 175 Å². The number of alkyl halides is 1. The van der Waals surface area contributed by atoms with Crippen LogP contribution in [0.15, 0.2) is 23.4 Å². The summed E-state index contributed by atoms with van der Waals surface area (Å²) in [7, 11) is 1.61. The van der Waals surface area contributed by atoms with Gasteiger partial charge in [0.05, 0.1) is 22.9 Å². The molecule has 1 atom stereocenters. The molecular formula is C22H27FN4O3. The van der Waals surface area contributed by atoms with Gasteiger partial charge in [-0.3, -0.25) is 14.4 Å². The topological polar surface area (TPSA) is 104 Å². The maximum absolute atomic E-state index is 14.3. The summed E-state index contributed by atoms with van der Waals surface area (Å²) in [5.74, 6) is -1.99. The number of ketones is 1. The maximum atomic E-state index is 14.3. The lowest BCUT2D eigenvalue weighted by molar-refractivity contribution is -0.118. The van der Waals surface area contributed by atoms with E-state index in [1.54, 1.807) is 41.7 Å². The third-order valence-corrected chi connectivity index (χ3v) is 5.01. The molecule has 1 heterocycles. The van der Waals surface area contributed by atoms with Crippen molar-refractivity contribution in [3.8, 4) is 6.07 Å². The first kappa shape index (κ1) is 23.1. The molecule has 7 nitrogen and oxygen atoms in total. The summed E-state index contributed by atoms with van der Waals surface area (Å²) >= 11 is 0. The van der Waals surface area contributed by atoms with E-state index in [0.717, 1.165) is 0 Å². The molecule has 8 heteroatoms. The van der Waals surface area contributed by atoms with Crippen LogP contribution < -0.4 is 10.6 Å². The Morgan fingerprint density at radius 1 is 1.27 bits per heavy atom. The zero-order valence-electron chi connectivity index (χ0n) is 18.4. The molecule has 1 aromatic rings. The van der Waals surface area contributed by atoms with Crippen LogP contribution in [0, 0.1) is 25.2 Å². The maximum Gasteiger partial charge on any atom is 0.294 e. The molecule has 0 spiro atoms. The number of carbonyl (C=O) groups is 3. The summed E-state index contributed by atoms with van der Waals surface area (Å²) in [6.45, 7) is 9.88. The van der Waals surface area contributed by atoms with Gasteiger partial charge in [-0.25, -0.2) is 4.39 Å². The fourth-order valence-corrected chi connectivity index (χ4v) is 3.34. The molecule has 0 fully saturated rings. The first-order valence-electron chi connectivity index (χ1n) is 9.55. The predicted octanol–water partition coefficient (Wildman–Crippen LogP) is 2.93. The minimum atomic E-state index is -1.78. The number of amides is 2. The first-order chi connectivity index (χ1) is 13.7. The molecule has 0 saturated heterocycles. The average Bonchev–Trinajstić information content (AvgIpc) is 2.83. The minimum Gasteiger partial charge on any atom is -0.345 e. The van der Waals surface area contributed by atoms with Crippen molar-refractivity contribution in [1.29, 1.82) is 5.26 Å². The van der Waals surface area contributed by atoms with E-state index in [1.165, 1.54) is 23.6 Å². The molecule has 1 aromatic heterocycles. The molecule has 2 amide bonds. The number of carbonyl (C=O) groups excluding carboxylic acids is 3. The molecule has 1 aliphatic rings. The summed E-state index contributed by atoms with van der Waals surface area (Å²) in [6.07, 6.45) is 2.78. The zero-order valence-corrected chi connectivity index (χ0v) is 18.4. The number of hydrogen-bond donors (Lipinski definition) is 2. The van der Waals surface area contributed by atoms with Crippen LogP contribution in [0.1, 0.15) is 66.2 Å². The smallest absolute Gasteiger partial charge is 0.294 e. The summed E-state index contributed by atoms with van der Waals surface area (Å²) in [5, 5.41) is 14.4. The van der Waals surface area contributed by atoms with Gasteiger partial charge in [0.2, 0.25) is 0 Å². The van der Waals surface area contributed by atoms with Crippen molar-refractivity contribution in [3.05, 3.63) is 45.9 Å². The van der Waals surface area contributed by atoms with Crippen LogP contribution >= 0.6 is 0 Å². The highest BCUT2D eigenvalue weighted by molar-refractivity contribution is 6.43. The van der Waals surface area contributed by atoms with Crippen molar-refractivity contribution in [2.45, 2.75) is 59.2 Å². The number of nitriles is 1. The average molecular weight is 414 g/mol. The lowest BCUT2D eigenvalue weighted by Gasteiger charge is -2.22. The Bertz CT molecular complexity index is 1030. The SMILES string of the molecule is Cc1c(C(=O)NC2=CCC(C)(F)C(C#N)=C2)c(C)n(C)c1C(=O)C(=O)NC(C)(C)C. The fraction of sp³-hybridized carbons (Fsp3) is 0.455. The van der Waals surface area contributed by atoms with Crippen molar-refractivity contribution >= 4 is 17.6 Å². The molecule has 1 aliphatic carbocycles. The highest BCUT2D eigenvalue weighted by atomic mass is 19.1. The largest absolute Gasteiger partial charge is 0.345 e. The Morgan fingerprint density at radius 3 is 2.40 bits per heavy atom. The summed E-state index contributed by atoms with van der Waals surface area (Å²) in [4.78, 5) is 38.0. The number of aromatic nitrogens is 1. The number of Topliss-reactive ketones (excluding diaryl/α,β-unsaturated/α-hetero) is 1. The van der Waals surface area contributed by atoms with Crippen molar-refractivity contribution in [2.75, 3.05) is 0 Å². The molecule has 2 N–H and O–H groups in total. The van der Waals surface area contributed by atoms with Crippen LogP contribution in [-0.4, -0.2) is 33.4 Å². The summed E-state index contributed by atoms with van der Waals surface area (Å²) in [6, 6.07) is 1.82. The second-order valence-electron chi connectivity index (χ2n) is 8.71. The van der Waals surface area contributed by atoms with Crippen LogP contribution in [-0.2, 0) is 11.8 Å². The van der Waals surface area contributed by atoms with E-state index in [1.807, 2.05) is 6.07 Å². The van der Waals surface area contributed by atoms with Gasteiger partial charge < -0.3 is 15.2 Å². The van der Waals surface area contributed by atoms with Gasteiger partial charge in [0.1, 0.15) is 5.67 Å². The van der Waals surface area contributed by atoms with Crippen LogP contribution in [0.4, 0.5) is 4.39 Å². The van der Waals surface area contributed by atoms with E-state index in [2.05, 4.69) is 10.6 Å². The van der Waals surface area contributed by atoms with Gasteiger partial charge in [-0.1, -0.05) is 6.08 Å². The second-order valence-corrected chi connectivity index (χ2v) is 8.71. The van der Waals surface area contributed by atoms with Gasteiger partial charge >= 0.3 is 0 Å². The van der Waals surface area contributed by atoms with E-state index < -0.39 is 28.8 Å².